The molecule has 8 nitrogen and oxygen atoms in total. The highest BCUT2D eigenvalue weighted by atomic mass is 16.5. The summed E-state index contributed by atoms with van der Waals surface area (Å²) in [5, 5.41) is 0. The Kier molecular flexibility index (Phi) is 10.5. The molecule has 0 amide bonds. The van der Waals surface area contributed by atoms with Gasteiger partial charge < -0.3 is 28.4 Å². The van der Waals surface area contributed by atoms with Crippen LogP contribution in [0, 0.1) is 11.8 Å². The van der Waals surface area contributed by atoms with Crippen molar-refractivity contribution >= 4 is 11.9 Å². The summed E-state index contributed by atoms with van der Waals surface area (Å²) in [7, 11) is 6.20. The van der Waals surface area contributed by atoms with Crippen LogP contribution in [0.2, 0.25) is 0 Å². The Labute approximate surface area is 201 Å². The molecule has 0 aliphatic carbocycles. The molecule has 0 aliphatic rings. The Bertz CT molecular complexity index is 878. The number of hydrogen-bond donors (Lipinski definition) is 0. The van der Waals surface area contributed by atoms with E-state index in [4.69, 9.17) is 28.4 Å². The average molecular weight is 475 g/mol. The van der Waals surface area contributed by atoms with E-state index in [2.05, 4.69) is 0 Å². The predicted octanol–water partition coefficient (Wildman–Crippen LogP) is 3.86. The predicted molar refractivity (Wildman–Crippen MR) is 127 cm³/mol. The summed E-state index contributed by atoms with van der Waals surface area (Å²) >= 11 is 0. The van der Waals surface area contributed by atoms with Crippen molar-refractivity contribution in [3.63, 3.8) is 0 Å². The number of methoxy groups -OCH3 is 4. The normalized spacial score (nSPS) is 12.3. The molecule has 0 heterocycles. The van der Waals surface area contributed by atoms with Gasteiger partial charge >= 0.3 is 11.9 Å². The molecule has 0 bridgehead atoms. The van der Waals surface area contributed by atoms with Gasteiger partial charge in [0.15, 0.2) is 23.0 Å². The van der Waals surface area contributed by atoms with Gasteiger partial charge in [-0.2, -0.15) is 0 Å². The van der Waals surface area contributed by atoms with Crippen molar-refractivity contribution in [2.75, 3.05) is 41.7 Å². The van der Waals surface area contributed by atoms with Gasteiger partial charge in [0.2, 0.25) is 0 Å². The van der Waals surface area contributed by atoms with Gasteiger partial charge in [0, 0.05) is 0 Å². The number of ether oxygens (including phenoxy) is 6. The summed E-state index contributed by atoms with van der Waals surface area (Å²) in [5.41, 5.74) is 1.61. The Morgan fingerprint density at radius 2 is 0.971 bits per heavy atom. The summed E-state index contributed by atoms with van der Waals surface area (Å²) in [4.78, 5) is 26.1. The fraction of sp³-hybridized carbons (Fsp3) is 0.462. The number of rotatable bonds is 13. The zero-order chi connectivity index (χ0) is 25.1. The van der Waals surface area contributed by atoms with Crippen molar-refractivity contribution in [3.05, 3.63) is 47.5 Å². The molecule has 0 saturated heterocycles. The second-order valence-corrected chi connectivity index (χ2v) is 7.50. The number of hydrogen-bond acceptors (Lipinski definition) is 8. The molecular formula is C26H34O8. The van der Waals surface area contributed by atoms with Gasteiger partial charge in [-0.3, -0.25) is 9.59 Å². The minimum Gasteiger partial charge on any atom is -0.493 e. The van der Waals surface area contributed by atoms with Crippen molar-refractivity contribution in [1.82, 2.24) is 0 Å². The molecular weight excluding hydrogens is 440 g/mol. The van der Waals surface area contributed by atoms with Crippen LogP contribution >= 0.6 is 0 Å². The first-order chi connectivity index (χ1) is 16.4. The van der Waals surface area contributed by atoms with E-state index in [-0.39, 0.29) is 26.1 Å². The monoisotopic (exact) mass is 474 g/mol. The van der Waals surface area contributed by atoms with E-state index < -0.39 is 23.8 Å². The zero-order valence-electron chi connectivity index (χ0n) is 20.7. The summed E-state index contributed by atoms with van der Waals surface area (Å²) in [5.74, 6) is -0.246. The highest BCUT2D eigenvalue weighted by molar-refractivity contribution is 5.82. The van der Waals surface area contributed by atoms with Gasteiger partial charge in [0.05, 0.1) is 53.5 Å². The largest absolute Gasteiger partial charge is 0.493 e. The summed E-state index contributed by atoms with van der Waals surface area (Å²) < 4.78 is 32.1. The second-order valence-electron chi connectivity index (χ2n) is 7.50. The van der Waals surface area contributed by atoms with Gasteiger partial charge in [-0.15, -0.1) is 0 Å². The Balaban J connectivity index is 2.46. The van der Waals surface area contributed by atoms with Crippen molar-refractivity contribution < 1.29 is 38.0 Å². The molecule has 0 N–H and O–H groups in total. The lowest BCUT2D eigenvalue weighted by atomic mass is 9.82. The lowest BCUT2D eigenvalue weighted by Gasteiger charge is -2.25. The van der Waals surface area contributed by atoms with Crippen molar-refractivity contribution in [2.45, 2.75) is 26.7 Å². The minimum absolute atomic E-state index is 0.202. The number of carbonyl (C=O) groups excluding carboxylic acids is 2. The molecule has 0 fully saturated rings. The number of benzene rings is 2. The SMILES string of the molecule is CCOC(=O)[C@@H](Cc1ccc(OC)c(OC)c1)[C@@H](Cc1ccc(OC)c(OC)c1)C(=O)OCC. The maximum absolute atomic E-state index is 13.1. The van der Waals surface area contributed by atoms with E-state index in [1.54, 1.807) is 66.6 Å². The molecule has 0 radical (unpaired) electrons. The van der Waals surface area contributed by atoms with Crippen molar-refractivity contribution in [2.24, 2.45) is 11.8 Å². The molecule has 0 spiro atoms. The minimum atomic E-state index is -0.773. The van der Waals surface area contributed by atoms with Gasteiger partial charge in [0.1, 0.15) is 0 Å². The smallest absolute Gasteiger partial charge is 0.310 e. The van der Waals surface area contributed by atoms with Crippen LogP contribution in [0.15, 0.2) is 36.4 Å². The molecule has 0 aromatic heterocycles. The third-order valence-electron chi connectivity index (χ3n) is 5.47. The van der Waals surface area contributed by atoms with Gasteiger partial charge in [-0.05, 0) is 62.1 Å². The van der Waals surface area contributed by atoms with Crippen LogP contribution in [0.4, 0.5) is 0 Å². The van der Waals surface area contributed by atoms with Crippen LogP contribution in [-0.2, 0) is 31.9 Å². The molecule has 8 heteroatoms. The Morgan fingerprint density at radius 1 is 0.618 bits per heavy atom. The molecule has 0 unspecified atom stereocenters. The van der Waals surface area contributed by atoms with Crippen molar-refractivity contribution in [3.8, 4) is 23.0 Å². The number of carbonyl (C=O) groups is 2. The van der Waals surface area contributed by atoms with E-state index in [0.717, 1.165) is 11.1 Å². The van der Waals surface area contributed by atoms with Gasteiger partial charge in [-0.1, -0.05) is 12.1 Å². The van der Waals surface area contributed by atoms with E-state index in [0.29, 0.717) is 23.0 Å². The average Bonchev–Trinajstić information content (AvgIpc) is 2.85. The quantitative estimate of drug-likeness (QED) is 0.404. The first kappa shape index (κ1) is 26.8. The maximum atomic E-state index is 13.1. The third-order valence-corrected chi connectivity index (χ3v) is 5.47. The molecule has 0 aliphatic heterocycles. The molecule has 34 heavy (non-hydrogen) atoms. The van der Waals surface area contributed by atoms with Crippen LogP contribution < -0.4 is 18.9 Å². The molecule has 2 rings (SSSR count). The molecule has 186 valence electrons. The Morgan fingerprint density at radius 3 is 1.26 bits per heavy atom. The molecule has 2 aromatic rings. The van der Waals surface area contributed by atoms with E-state index in [1.165, 1.54) is 0 Å². The third kappa shape index (κ3) is 6.79. The lowest BCUT2D eigenvalue weighted by molar-refractivity contribution is -0.160. The fourth-order valence-electron chi connectivity index (χ4n) is 3.80. The fourth-order valence-corrected chi connectivity index (χ4v) is 3.80. The van der Waals surface area contributed by atoms with E-state index in [9.17, 15) is 9.59 Å². The van der Waals surface area contributed by atoms with E-state index in [1.807, 2.05) is 12.1 Å². The van der Waals surface area contributed by atoms with Gasteiger partial charge in [0.25, 0.3) is 0 Å². The van der Waals surface area contributed by atoms with Crippen molar-refractivity contribution in [1.29, 1.82) is 0 Å². The summed E-state index contributed by atoms with van der Waals surface area (Å²) in [6.45, 7) is 3.87. The van der Waals surface area contributed by atoms with Crippen LogP contribution in [0.25, 0.3) is 0 Å². The first-order valence-corrected chi connectivity index (χ1v) is 11.2. The highest BCUT2D eigenvalue weighted by Crippen LogP contribution is 2.33. The second kappa shape index (κ2) is 13.3. The topological polar surface area (TPSA) is 89.5 Å². The summed E-state index contributed by atoms with van der Waals surface area (Å²) in [6, 6.07) is 10.8. The van der Waals surface area contributed by atoms with Crippen LogP contribution in [0.5, 0.6) is 23.0 Å². The summed E-state index contributed by atoms with van der Waals surface area (Å²) in [6.07, 6.45) is 0.520. The van der Waals surface area contributed by atoms with Crippen LogP contribution in [0.1, 0.15) is 25.0 Å². The van der Waals surface area contributed by atoms with Crippen LogP contribution in [0.3, 0.4) is 0 Å². The molecule has 2 atom stereocenters. The van der Waals surface area contributed by atoms with Crippen LogP contribution in [-0.4, -0.2) is 53.6 Å². The maximum Gasteiger partial charge on any atom is 0.310 e. The highest BCUT2D eigenvalue weighted by Gasteiger charge is 2.36. The van der Waals surface area contributed by atoms with E-state index >= 15 is 0 Å². The number of esters is 2. The first-order valence-electron chi connectivity index (χ1n) is 11.2. The zero-order valence-corrected chi connectivity index (χ0v) is 20.7. The Hall–Kier alpha value is -3.42. The molecule has 0 saturated carbocycles. The standard InChI is InChI=1S/C26H34O8/c1-7-33-25(27)19(13-17-9-11-21(29-3)23(15-17)31-5)20(26(28)34-8-2)14-18-10-12-22(30-4)24(16-18)32-6/h9-12,15-16,19-20H,7-8,13-14H2,1-6H3/t19-,20+. The van der Waals surface area contributed by atoms with Gasteiger partial charge in [-0.25, -0.2) is 0 Å². The lowest BCUT2D eigenvalue weighted by Crippen LogP contribution is -2.35. The molecule has 2 aromatic carbocycles.